The lowest BCUT2D eigenvalue weighted by atomic mass is 9.76. The van der Waals surface area contributed by atoms with Gasteiger partial charge in [0.2, 0.25) is 0 Å². The fourth-order valence-corrected chi connectivity index (χ4v) is 4.28. The normalized spacial score (nSPS) is 23.0. The lowest BCUT2D eigenvalue weighted by Gasteiger charge is -2.38. The van der Waals surface area contributed by atoms with Crippen LogP contribution in [0, 0.1) is 15.5 Å². The highest BCUT2D eigenvalue weighted by molar-refractivity contribution is 6.83. The van der Waals surface area contributed by atoms with Crippen LogP contribution in [0.4, 0.5) is 5.69 Å². The molecule has 0 fully saturated rings. The van der Waals surface area contributed by atoms with E-state index in [4.69, 9.17) is 0 Å². The predicted octanol–water partition coefficient (Wildman–Crippen LogP) is 4.40. The molecule has 0 aromatic heterocycles. The van der Waals surface area contributed by atoms with Crippen LogP contribution in [-0.2, 0) is 0 Å². The summed E-state index contributed by atoms with van der Waals surface area (Å²) >= 11 is 0. The third-order valence-electron chi connectivity index (χ3n) is 4.35. The number of nitrogens with zero attached hydrogens (tertiary/aromatic N) is 1. The average molecular weight is 317 g/mol. The number of allylic oxidation sites excluding steroid dienone is 3. The zero-order chi connectivity index (χ0) is 16.5. The molecule has 1 aliphatic carbocycles. The van der Waals surface area contributed by atoms with Gasteiger partial charge in [-0.05, 0) is 24.1 Å². The number of aliphatic hydroxyl groups is 1. The van der Waals surface area contributed by atoms with Gasteiger partial charge in [-0.1, -0.05) is 50.0 Å². The van der Waals surface area contributed by atoms with Crippen LogP contribution in [0.1, 0.15) is 25.0 Å². The summed E-state index contributed by atoms with van der Waals surface area (Å²) in [5, 5.41) is 22.9. The van der Waals surface area contributed by atoms with Crippen molar-refractivity contribution in [2.45, 2.75) is 39.1 Å². The first kappa shape index (κ1) is 16.6. The minimum absolute atomic E-state index is 0.0444. The van der Waals surface area contributed by atoms with E-state index in [1.54, 1.807) is 12.1 Å². The van der Waals surface area contributed by atoms with Crippen molar-refractivity contribution in [1.82, 2.24) is 0 Å². The second-order valence-electron chi connectivity index (χ2n) is 7.23. The first-order valence-corrected chi connectivity index (χ1v) is 10.9. The van der Waals surface area contributed by atoms with Gasteiger partial charge in [0.1, 0.15) is 0 Å². The smallest absolute Gasteiger partial charge is 0.269 e. The van der Waals surface area contributed by atoms with E-state index in [2.05, 4.69) is 25.7 Å². The Morgan fingerprint density at radius 3 is 2.36 bits per heavy atom. The highest BCUT2D eigenvalue weighted by Gasteiger charge is 2.36. The number of benzene rings is 1. The molecule has 0 saturated heterocycles. The fraction of sp³-hybridized carbons (Fsp3) is 0.412. The zero-order valence-corrected chi connectivity index (χ0v) is 14.5. The zero-order valence-electron chi connectivity index (χ0n) is 13.5. The molecular weight excluding hydrogens is 294 g/mol. The third-order valence-corrected chi connectivity index (χ3v) is 6.62. The van der Waals surface area contributed by atoms with Crippen LogP contribution < -0.4 is 0 Å². The molecule has 1 aromatic rings. The van der Waals surface area contributed by atoms with Gasteiger partial charge in [0, 0.05) is 17.5 Å². The topological polar surface area (TPSA) is 63.4 Å². The van der Waals surface area contributed by atoms with Crippen molar-refractivity contribution < 1.29 is 10.0 Å². The second kappa shape index (κ2) is 5.82. The molecule has 1 N–H and O–H groups in total. The first-order chi connectivity index (χ1) is 10.1. The minimum Gasteiger partial charge on any atom is -0.388 e. The Balaban J connectivity index is 2.25. The summed E-state index contributed by atoms with van der Waals surface area (Å²) in [4.78, 5) is 10.3. The largest absolute Gasteiger partial charge is 0.388 e. The molecule has 0 bridgehead atoms. The summed E-state index contributed by atoms with van der Waals surface area (Å²) in [5.41, 5.74) is 0.387. The van der Waals surface area contributed by atoms with E-state index in [9.17, 15) is 15.2 Å². The summed E-state index contributed by atoms with van der Waals surface area (Å²) in [5.74, 6) is 0. The molecule has 2 atom stereocenters. The van der Waals surface area contributed by atoms with Gasteiger partial charge in [0.25, 0.3) is 5.69 Å². The maximum atomic E-state index is 10.8. The molecule has 0 heterocycles. The van der Waals surface area contributed by atoms with Gasteiger partial charge < -0.3 is 5.11 Å². The molecule has 1 aromatic carbocycles. The molecule has 22 heavy (non-hydrogen) atoms. The van der Waals surface area contributed by atoms with Crippen LogP contribution in [0.25, 0.3) is 0 Å². The highest BCUT2D eigenvalue weighted by atomic mass is 28.3. The van der Waals surface area contributed by atoms with E-state index in [0.717, 1.165) is 12.0 Å². The molecule has 0 unspecified atom stereocenters. The van der Waals surface area contributed by atoms with E-state index >= 15 is 0 Å². The Morgan fingerprint density at radius 1 is 1.27 bits per heavy atom. The molecular formula is C17H23NO3Si. The maximum Gasteiger partial charge on any atom is 0.269 e. The number of hydrogen-bond donors (Lipinski definition) is 1. The van der Waals surface area contributed by atoms with Gasteiger partial charge in [-0.2, -0.15) is 0 Å². The summed E-state index contributed by atoms with van der Waals surface area (Å²) in [7, 11) is -1.41. The molecule has 0 saturated carbocycles. The van der Waals surface area contributed by atoms with Crippen LogP contribution in [-0.4, -0.2) is 18.1 Å². The van der Waals surface area contributed by atoms with Gasteiger partial charge >= 0.3 is 0 Å². The van der Waals surface area contributed by atoms with Crippen LogP contribution in [0.15, 0.2) is 47.7 Å². The third kappa shape index (κ3) is 3.36. The Bertz CT molecular complexity index is 628. The fourth-order valence-electron chi connectivity index (χ4n) is 2.77. The lowest BCUT2D eigenvalue weighted by molar-refractivity contribution is -0.384. The predicted molar refractivity (Wildman–Crippen MR) is 91.3 cm³/mol. The number of hydrogen-bond acceptors (Lipinski definition) is 3. The van der Waals surface area contributed by atoms with Gasteiger partial charge in [0.05, 0.1) is 19.1 Å². The average Bonchev–Trinajstić information content (AvgIpc) is 2.45. The summed E-state index contributed by atoms with van der Waals surface area (Å²) in [6.07, 6.45) is 6.41. The van der Waals surface area contributed by atoms with E-state index < -0.39 is 19.1 Å². The minimum atomic E-state index is -1.41. The molecule has 0 amide bonds. The van der Waals surface area contributed by atoms with E-state index in [-0.39, 0.29) is 11.1 Å². The number of aliphatic hydroxyl groups excluding tert-OH is 1. The lowest BCUT2D eigenvalue weighted by Crippen LogP contribution is -2.33. The monoisotopic (exact) mass is 317 g/mol. The number of nitro benzene ring substituents is 1. The van der Waals surface area contributed by atoms with Gasteiger partial charge in [-0.15, -0.1) is 0 Å². The Kier molecular flexibility index (Phi) is 4.40. The molecule has 1 aliphatic rings. The van der Waals surface area contributed by atoms with Crippen LogP contribution in [0.3, 0.4) is 0 Å². The van der Waals surface area contributed by atoms with Crippen LogP contribution >= 0.6 is 0 Å². The van der Waals surface area contributed by atoms with Crippen molar-refractivity contribution in [3.63, 3.8) is 0 Å². The molecule has 0 aliphatic heterocycles. The summed E-state index contributed by atoms with van der Waals surface area (Å²) < 4.78 is 0. The number of nitro groups is 1. The van der Waals surface area contributed by atoms with Crippen molar-refractivity contribution in [2.24, 2.45) is 5.41 Å². The molecule has 0 spiro atoms. The quantitative estimate of drug-likeness (QED) is 0.508. The van der Waals surface area contributed by atoms with Crippen molar-refractivity contribution in [3.8, 4) is 0 Å². The van der Waals surface area contributed by atoms with E-state index in [0.29, 0.717) is 0 Å². The van der Waals surface area contributed by atoms with Crippen molar-refractivity contribution >= 4 is 13.8 Å². The Morgan fingerprint density at radius 2 is 1.86 bits per heavy atom. The second-order valence-corrected chi connectivity index (χ2v) is 12.4. The SMILES string of the molecule is C[C@@]1([C@@H](O)c2ccc([N+](=O)[O-])cc2)C=CC=C([Si](C)(C)C)C1. The van der Waals surface area contributed by atoms with Crippen LogP contribution in [0.5, 0.6) is 0 Å². The number of non-ortho nitro benzene ring substituents is 1. The molecule has 0 radical (unpaired) electrons. The van der Waals surface area contributed by atoms with Crippen LogP contribution in [0.2, 0.25) is 19.6 Å². The molecule has 2 rings (SSSR count). The molecule has 5 heteroatoms. The Labute approximate surface area is 132 Å². The highest BCUT2D eigenvalue weighted by Crippen LogP contribution is 2.44. The summed E-state index contributed by atoms with van der Waals surface area (Å²) in [6, 6.07) is 6.19. The van der Waals surface area contributed by atoms with Crippen molar-refractivity contribution in [2.75, 3.05) is 0 Å². The van der Waals surface area contributed by atoms with Gasteiger partial charge in [-0.3, -0.25) is 10.1 Å². The van der Waals surface area contributed by atoms with E-state index in [1.165, 1.54) is 17.3 Å². The molecule has 118 valence electrons. The molecule has 4 nitrogen and oxygen atoms in total. The summed E-state index contributed by atoms with van der Waals surface area (Å²) in [6.45, 7) is 8.95. The first-order valence-electron chi connectivity index (χ1n) is 7.45. The van der Waals surface area contributed by atoms with Gasteiger partial charge in [0.15, 0.2) is 0 Å². The number of rotatable bonds is 4. The Hall–Kier alpha value is -1.72. The van der Waals surface area contributed by atoms with Gasteiger partial charge in [-0.25, -0.2) is 0 Å². The van der Waals surface area contributed by atoms with Crippen molar-refractivity contribution in [1.29, 1.82) is 0 Å². The maximum absolute atomic E-state index is 10.8. The standard InChI is InChI=1S/C17H23NO3Si/c1-17(11-5-6-15(12-17)22(2,3)4)16(19)13-7-9-14(10-8-13)18(20)21/h5-11,16,19H,12H2,1-4H3/t16-,17+/m0/s1. The van der Waals surface area contributed by atoms with Crippen molar-refractivity contribution in [3.05, 3.63) is 63.4 Å². The van der Waals surface area contributed by atoms with E-state index in [1.807, 2.05) is 19.1 Å².